The first kappa shape index (κ1) is 29.7. The Morgan fingerprint density at radius 2 is 1.79 bits per heavy atom. The number of carbonyl (C=O) groups is 3. The lowest BCUT2D eigenvalue weighted by atomic mass is 9.94. The number of likely N-dealkylation sites (tertiary alicyclic amines) is 1. The Hall–Kier alpha value is -2.33. The van der Waals surface area contributed by atoms with E-state index in [1.165, 1.54) is 19.3 Å². The van der Waals surface area contributed by atoms with E-state index < -0.39 is 11.9 Å². The fraction of sp³-hybridized carbons (Fsp3) is 0.625. The fourth-order valence-corrected chi connectivity index (χ4v) is 4.31. The van der Waals surface area contributed by atoms with Gasteiger partial charge in [0.15, 0.2) is 11.5 Å². The van der Waals surface area contributed by atoms with Crippen molar-refractivity contribution in [3.8, 4) is 11.5 Å². The van der Waals surface area contributed by atoms with Crippen molar-refractivity contribution in [3.05, 3.63) is 22.2 Å². The van der Waals surface area contributed by atoms with Crippen molar-refractivity contribution in [1.29, 1.82) is 0 Å². The number of rotatable bonds is 10. The number of nitrogens with one attached hydrogen (secondary N) is 1. The number of ether oxygens (including phenoxy) is 1. The van der Waals surface area contributed by atoms with Gasteiger partial charge < -0.3 is 25.4 Å². The number of aromatic hydroxyl groups is 1. The second-order valence-corrected chi connectivity index (χ2v) is 9.31. The summed E-state index contributed by atoms with van der Waals surface area (Å²) < 4.78 is 5.88. The number of hydrogen-bond donors (Lipinski definition) is 4. The summed E-state index contributed by atoms with van der Waals surface area (Å²) in [5, 5.41) is 27.9. The van der Waals surface area contributed by atoms with Gasteiger partial charge in [-0.25, -0.2) is 9.59 Å². The van der Waals surface area contributed by atoms with Crippen molar-refractivity contribution in [3.63, 3.8) is 0 Å². The number of nitrogens with zero attached hydrogens (tertiary/aromatic N) is 1. The maximum atomic E-state index is 12.5. The van der Waals surface area contributed by atoms with Crippen LogP contribution in [0.4, 0.5) is 0 Å². The highest BCUT2D eigenvalue weighted by molar-refractivity contribution is 9.10. The summed E-state index contributed by atoms with van der Waals surface area (Å²) in [5.41, 5.74) is 1.09. The van der Waals surface area contributed by atoms with Crippen molar-refractivity contribution >= 4 is 33.8 Å². The molecule has 1 aliphatic rings. The van der Waals surface area contributed by atoms with Crippen LogP contribution in [0.25, 0.3) is 0 Å². The maximum absolute atomic E-state index is 12.5. The first-order valence-corrected chi connectivity index (χ1v) is 12.4. The lowest BCUT2D eigenvalue weighted by molar-refractivity contribution is -0.159. The molecule has 0 saturated carbocycles. The van der Waals surface area contributed by atoms with Gasteiger partial charge in [-0.1, -0.05) is 33.1 Å². The van der Waals surface area contributed by atoms with Gasteiger partial charge in [0.2, 0.25) is 5.91 Å². The van der Waals surface area contributed by atoms with E-state index in [9.17, 15) is 9.90 Å². The van der Waals surface area contributed by atoms with Crippen LogP contribution in [0.3, 0.4) is 0 Å². The lowest BCUT2D eigenvalue weighted by Gasteiger charge is -2.31. The zero-order valence-corrected chi connectivity index (χ0v) is 21.8. The zero-order chi connectivity index (χ0) is 25.7. The molecular weight excluding hydrogens is 508 g/mol. The average molecular weight is 545 g/mol. The van der Waals surface area contributed by atoms with E-state index >= 15 is 0 Å². The molecule has 34 heavy (non-hydrogen) atoms. The molecule has 1 heterocycles. The summed E-state index contributed by atoms with van der Waals surface area (Å²) in [4.78, 5) is 33.1. The number of halogens is 1. The van der Waals surface area contributed by atoms with Crippen molar-refractivity contribution < 1.29 is 34.4 Å². The molecule has 0 bridgehead atoms. The van der Waals surface area contributed by atoms with Gasteiger partial charge in [-0.15, -0.1) is 0 Å². The number of unbranched alkanes of at least 4 members (excludes halogenated alkanes) is 1. The van der Waals surface area contributed by atoms with Gasteiger partial charge in [0.05, 0.1) is 11.6 Å². The Labute approximate surface area is 209 Å². The minimum Gasteiger partial charge on any atom is -0.503 e. The standard InChI is InChI=1S/C22H35BrN2O3.C2H2O4/c1-4-6-7-16(5-2)14-24-22(27)18-8-10-25(11-9-18)15-17-12-19(23)21(26)20(13-17)28-3;3-1(4)2(5)6/h12-13,16,18,26H,4-11,14-15H2,1-3H3,(H,24,27);(H,3,4)(H,5,6). The van der Waals surface area contributed by atoms with Gasteiger partial charge in [0.1, 0.15) is 0 Å². The lowest BCUT2D eigenvalue weighted by Crippen LogP contribution is -2.41. The number of phenols is 1. The topological polar surface area (TPSA) is 136 Å². The van der Waals surface area contributed by atoms with Crippen molar-refractivity contribution in [2.24, 2.45) is 11.8 Å². The molecule has 1 aliphatic heterocycles. The molecule has 1 fully saturated rings. The molecule has 0 radical (unpaired) electrons. The van der Waals surface area contributed by atoms with E-state index in [4.69, 9.17) is 24.5 Å². The SMILES string of the molecule is CCCCC(CC)CNC(=O)C1CCN(Cc2cc(Br)c(O)c(OC)c2)CC1.O=C(O)C(=O)O. The number of hydrogen-bond acceptors (Lipinski definition) is 6. The molecule has 1 aromatic rings. The smallest absolute Gasteiger partial charge is 0.414 e. The molecular formula is C24H37BrN2O7. The van der Waals surface area contributed by atoms with Gasteiger partial charge in [0.25, 0.3) is 0 Å². The van der Waals surface area contributed by atoms with Crippen LogP contribution < -0.4 is 10.1 Å². The van der Waals surface area contributed by atoms with Crippen LogP contribution in [0.15, 0.2) is 16.6 Å². The molecule has 1 saturated heterocycles. The number of carbonyl (C=O) groups excluding carboxylic acids is 1. The zero-order valence-electron chi connectivity index (χ0n) is 20.2. The molecule has 1 amide bonds. The van der Waals surface area contributed by atoms with E-state index in [2.05, 4.69) is 40.0 Å². The van der Waals surface area contributed by atoms with Crippen LogP contribution in [-0.2, 0) is 20.9 Å². The first-order chi connectivity index (χ1) is 16.1. The number of phenolic OH excluding ortho intramolecular Hbond substituents is 1. The number of benzene rings is 1. The number of carboxylic acid groups (broad SMARTS) is 2. The fourth-order valence-electron chi connectivity index (χ4n) is 3.82. The van der Waals surface area contributed by atoms with Gasteiger partial charge in [-0.2, -0.15) is 0 Å². The first-order valence-electron chi connectivity index (χ1n) is 11.6. The minimum atomic E-state index is -1.82. The third kappa shape index (κ3) is 10.3. The summed E-state index contributed by atoms with van der Waals surface area (Å²) in [6.45, 7) is 7.85. The largest absolute Gasteiger partial charge is 0.503 e. The van der Waals surface area contributed by atoms with Gasteiger partial charge in [-0.3, -0.25) is 9.69 Å². The number of piperidine rings is 1. The Morgan fingerprint density at radius 1 is 1.18 bits per heavy atom. The predicted molar refractivity (Wildman–Crippen MR) is 132 cm³/mol. The Kier molecular flexibility index (Phi) is 13.6. The number of aliphatic carboxylic acids is 2. The Balaban J connectivity index is 0.000000852. The number of amides is 1. The second kappa shape index (κ2) is 15.5. The van der Waals surface area contributed by atoms with Gasteiger partial charge in [-0.05, 0) is 71.9 Å². The Bertz CT molecular complexity index is 799. The highest BCUT2D eigenvalue weighted by atomic mass is 79.9. The summed E-state index contributed by atoms with van der Waals surface area (Å²) in [7, 11) is 1.56. The second-order valence-electron chi connectivity index (χ2n) is 8.45. The molecule has 4 N–H and O–H groups in total. The van der Waals surface area contributed by atoms with Gasteiger partial charge in [0, 0.05) is 19.0 Å². The third-order valence-corrected chi connectivity index (χ3v) is 6.57. The summed E-state index contributed by atoms with van der Waals surface area (Å²) >= 11 is 3.38. The van der Waals surface area contributed by atoms with E-state index in [0.717, 1.165) is 51.0 Å². The highest BCUT2D eigenvalue weighted by Crippen LogP contribution is 2.35. The molecule has 192 valence electrons. The monoisotopic (exact) mass is 544 g/mol. The van der Waals surface area contributed by atoms with Crippen molar-refractivity contribution in [1.82, 2.24) is 10.2 Å². The van der Waals surface area contributed by atoms with Crippen LogP contribution in [0, 0.1) is 11.8 Å². The minimum absolute atomic E-state index is 0.126. The molecule has 1 aromatic carbocycles. The third-order valence-electron chi connectivity index (χ3n) is 5.96. The Morgan fingerprint density at radius 3 is 2.29 bits per heavy atom. The molecule has 9 nitrogen and oxygen atoms in total. The van der Waals surface area contributed by atoms with Crippen LogP contribution >= 0.6 is 15.9 Å². The summed E-state index contributed by atoms with van der Waals surface area (Å²) in [6.07, 6.45) is 6.58. The summed E-state index contributed by atoms with van der Waals surface area (Å²) in [5.74, 6) is -2.08. The van der Waals surface area contributed by atoms with E-state index in [1.54, 1.807) is 7.11 Å². The number of methoxy groups -OCH3 is 1. The van der Waals surface area contributed by atoms with Crippen molar-refractivity contribution in [2.75, 3.05) is 26.7 Å². The number of carboxylic acids is 2. The van der Waals surface area contributed by atoms with Crippen LogP contribution in [0.5, 0.6) is 11.5 Å². The van der Waals surface area contributed by atoms with Crippen LogP contribution in [-0.4, -0.2) is 64.8 Å². The molecule has 2 rings (SSSR count). The molecule has 1 atom stereocenters. The quantitative estimate of drug-likeness (QED) is 0.326. The maximum Gasteiger partial charge on any atom is 0.414 e. The highest BCUT2D eigenvalue weighted by Gasteiger charge is 2.25. The molecule has 0 spiro atoms. The van der Waals surface area contributed by atoms with Crippen molar-refractivity contribution in [2.45, 2.75) is 58.9 Å². The summed E-state index contributed by atoms with van der Waals surface area (Å²) in [6, 6.07) is 3.80. The van der Waals surface area contributed by atoms with Crippen LogP contribution in [0.2, 0.25) is 0 Å². The molecule has 10 heteroatoms. The van der Waals surface area contributed by atoms with Gasteiger partial charge >= 0.3 is 11.9 Å². The predicted octanol–water partition coefficient (Wildman–Crippen LogP) is 3.86. The normalized spacial score (nSPS) is 15.1. The van der Waals surface area contributed by atoms with Crippen LogP contribution in [0.1, 0.15) is 57.9 Å². The molecule has 0 aliphatic carbocycles. The molecule has 0 aromatic heterocycles. The van der Waals surface area contributed by atoms with E-state index in [0.29, 0.717) is 16.1 Å². The van der Waals surface area contributed by atoms with E-state index in [1.807, 2.05) is 12.1 Å². The van der Waals surface area contributed by atoms with E-state index in [-0.39, 0.29) is 17.6 Å². The molecule has 1 unspecified atom stereocenters. The average Bonchev–Trinajstić information content (AvgIpc) is 2.82.